The second kappa shape index (κ2) is 8.78. The number of carbonyl (C=O) groups excluding carboxylic acids is 1. The molecule has 2 aromatic rings. The third-order valence-corrected chi connectivity index (χ3v) is 5.20. The smallest absolute Gasteiger partial charge is 0.419 e. The molecule has 2 fully saturated rings. The predicted octanol–water partition coefficient (Wildman–Crippen LogP) is 1.78. The van der Waals surface area contributed by atoms with Gasteiger partial charge in [0.15, 0.2) is 0 Å². The van der Waals surface area contributed by atoms with Gasteiger partial charge < -0.3 is 19.1 Å². The zero-order valence-electron chi connectivity index (χ0n) is 17.1. The molecule has 0 spiro atoms. The zero-order chi connectivity index (χ0) is 21.0. The maximum atomic E-state index is 12.2. The van der Waals surface area contributed by atoms with Crippen molar-refractivity contribution in [2.24, 2.45) is 5.41 Å². The van der Waals surface area contributed by atoms with E-state index in [-0.39, 0.29) is 29.1 Å². The second-order valence-electron chi connectivity index (χ2n) is 8.19. The van der Waals surface area contributed by atoms with E-state index >= 15 is 0 Å². The Morgan fingerprint density at radius 1 is 1.37 bits per heavy atom. The van der Waals surface area contributed by atoms with Gasteiger partial charge in [0, 0.05) is 13.1 Å². The fourth-order valence-electron chi connectivity index (χ4n) is 3.74. The maximum absolute atomic E-state index is 12.2. The summed E-state index contributed by atoms with van der Waals surface area (Å²) in [6, 6.07) is 0. The normalized spacial score (nSPS) is 21.1. The molecular formula is C18H26N8O4. The molecule has 1 atom stereocenters. The third kappa shape index (κ3) is 5.12. The summed E-state index contributed by atoms with van der Waals surface area (Å²) < 4.78 is 17.0. The number of rotatable bonds is 5. The number of ether oxygens (including phenoxy) is 3. The van der Waals surface area contributed by atoms with Crippen LogP contribution < -0.4 is 19.7 Å². The van der Waals surface area contributed by atoms with Crippen molar-refractivity contribution in [3.63, 3.8) is 0 Å². The Morgan fingerprint density at radius 3 is 2.93 bits per heavy atom. The lowest BCUT2D eigenvalue weighted by atomic mass is 9.76. The van der Waals surface area contributed by atoms with Gasteiger partial charge in [-0.1, -0.05) is 18.9 Å². The second-order valence-corrected chi connectivity index (χ2v) is 8.19. The van der Waals surface area contributed by atoms with Gasteiger partial charge in [-0.3, -0.25) is 5.32 Å². The van der Waals surface area contributed by atoms with Crippen molar-refractivity contribution in [3.05, 3.63) is 6.20 Å². The van der Waals surface area contributed by atoms with Gasteiger partial charge in [0.25, 0.3) is 11.8 Å². The van der Waals surface area contributed by atoms with Crippen LogP contribution in [0.2, 0.25) is 0 Å². The molecule has 30 heavy (non-hydrogen) atoms. The van der Waals surface area contributed by atoms with Crippen molar-refractivity contribution < 1.29 is 19.0 Å². The number of carbonyl (C=O) groups is 1. The van der Waals surface area contributed by atoms with Crippen LogP contribution in [0.25, 0.3) is 0 Å². The number of H-pyrrole nitrogens is 1. The van der Waals surface area contributed by atoms with Crippen LogP contribution in [-0.4, -0.2) is 69.1 Å². The molecule has 12 nitrogen and oxygen atoms in total. The first-order valence-corrected chi connectivity index (χ1v) is 10.1. The largest absolute Gasteiger partial charge is 0.472 e. The summed E-state index contributed by atoms with van der Waals surface area (Å²) in [5, 5.41) is 15.3. The minimum atomic E-state index is -0.784. The first-order chi connectivity index (χ1) is 14.5. The third-order valence-electron chi connectivity index (χ3n) is 5.20. The van der Waals surface area contributed by atoms with E-state index in [2.05, 4.69) is 49.8 Å². The van der Waals surface area contributed by atoms with E-state index in [0.29, 0.717) is 32.3 Å². The highest BCUT2D eigenvalue weighted by Gasteiger charge is 2.31. The van der Waals surface area contributed by atoms with Crippen molar-refractivity contribution in [1.29, 1.82) is 0 Å². The first-order valence-electron chi connectivity index (χ1n) is 10.1. The van der Waals surface area contributed by atoms with Crippen LogP contribution in [-0.2, 0) is 4.74 Å². The van der Waals surface area contributed by atoms with Crippen molar-refractivity contribution in [3.8, 4) is 11.6 Å². The molecule has 2 N–H and O–H groups in total. The molecule has 1 unspecified atom stereocenters. The molecule has 1 saturated heterocycles. The summed E-state index contributed by atoms with van der Waals surface area (Å²) in [5.41, 5.74) is 0.194. The van der Waals surface area contributed by atoms with E-state index < -0.39 is 6.09 Å². The lowest BCUT2D eigenvalue weighted by molar-refractivity contribution is 0.0786. The molecule has 2 aromatic heterocycles. The molecule has 2 aliphatic rings. The van der Waals surface area contributed by atoms with Gasteiger partial charge in [0.05, 0.1) is 19.4 Å². The van der Waals surface area contributed by atoms with Crippen LogP contribution >= 0.6 is 0 Å². The SMILES string of the molecule is CC1(C)CCCC(Oc2nc(N3CCOCC3)ncc2OC(=O)Nc2nn[nH]n2)C1. The molecule has 12 heteroatoms. The van der Waals surface area contributed by atoms with Gasteiger partial charge in [-0.2, -0.15) is 10.2 Å². The Labute approximate surface area is 173 Å². The van der Waals surface area contributed by atoms with Gasteiger partial charge in [-0.05, 0) is 36.3 Å². The zero-order valence-corrected chi connectivity index (χ0v) is 17.1. The van der Waals surface area contributed by atoms with Gasteiger partial charge in [0.2, 0.25) is 11.7 Å². The van der Waals surface area contributed by atoms with Gasteiger partial charge in [0.1, 0.15) is 6.10 Å². The van der Waals surface area contributed by atoms with Crippen LogP contribution in [0.3, 0.4) is 0 Å². The Kier molecular flexibility index (Phi) is 5.93. The topological polar surface area (TPSA) is 140 Å². The quantitative estimate of drug-likeness (QED) is 0.738. The van der Waals surface area contributed by atoms with E-state index in [1.165, 1.54) is 6.20 Å². The number of tetrazole rings is 1. The van der Waals surface area contributed by atoms with E-state index in [1.54, 1.807) is 0 Å². The fourth-order valence-corrected chi connectivity index (χ4v) is 3.74. The molecule has 0 aromatic carbocycles. The van der Waals surface area contributed by atoms with E-state index in [4.69, 9.17) is 14.2 Å². The lowest BCUT2D eigenvalue weighted by Gasteiger charge is -2.35. The molecule has 0 radical (unpaired) electrons. The van der Waals surface area contributed by atoms with Crippen molar-refractivity contribution in [1.82, 2.24) is 30.6 Å². The number of aromatic nitrogens is 6. The Morgan fingerprint density at radius 2 is 2.20 bits per heavy atom. The molecule has 0 bridgehead atoms. The van der Waals surface area contributed by atoms with Gasteiger partial charge in [-0.15, -0.1) is 5.10 Å². The molecule has 162 valence electrons. The summed E-state index contributed by atoms with van der Waals surface area (Å²) in [6.45, 7) is 7.07. The molecule has 1 aliphatic carbocycles. The molecule has 1 amide bonds. The number of anilines is 2. The molecule has 3 heterocycles. The van der Waals surface area contributed by atoms with E-state index in [9.17, 15) is 4.79 Å². The highest BCUT2D eigenvalue weighted by molar-refractivity contribution is 5.84. The fraction of sp³-hybridized carbons (Fsp3) is 0.667. The first kappa shape index (κ1) is 20.3. The molecular weight excluding hydrogens is 392 g/mol. The highest BCUT2D eigenvalue weighted by atomic mass is 16.6. The standard InChI is InChI=1S/C18H26N8O4/c1-18(2)5-3-4-12(10-18)29-14-13(30-17(27)21-15-22-24-25-23-15)11-19-16(20-14)26-6-8-28-9-7-26/h11-12H,3-10H2,1-2H3,(H2,21,22,23,24,25,27). The number of nitrogens with zero attached hydrogens (tertiary/aromatic N) is 6. The highest BCUT2D eigenvalue weighted by Crippen LogP contribution is 2.38. The summed E-state index contributed by atoms with van der Waals surface area (Å²) in [6.07, 6.45) is 4.72. The van der Waals surface area contributed by atoms with Crippen LogP contribution in [0.5, 0.6) is 11.6 Å². The van der Waals surface area contributed by atoms with Crippen molar-refractivity contribution >= 4 is 18.0 Å². The summed E-state index contributed by atoms with van der Waals surface area (Å²) >= 11 is 0. The van der Waals surface area contributed by atoms with Gasteiger partial charge >= 0.3 is 6.09 Å². The van der Waals surface area contributed by atoms with E-state index in [0.717, 1.165) is 25.7 Å². The molecule has 4 rings (SSSR count). The Hall–Kier alpha value is -3.02. The molecule has 1 aliphatic heterocycles. The minimum Gasteiger partial charge on any atom is -0.472 e. The Bertz CT molecular complexity index is 854. The summed E-state index contributed by atoms with van der Waals surface area (Å²) in [7, 11) is 0. The van der Waals surface area contributed by atoms with Crippen molar-refractivity contribution in [2.75, 3.05) is 36.5 Å². The average Bonchev–Trinajstić information content (AvgIpc) is 3.22. The number of hydrogen-bond acceptors (Lipinski definition) is 10. The van der Waals surface area contributed by atoms with Crippen molar-refractivity contribution in [2.45, 2.75) is 45.6 Å². The van der Waals surface area contributed by atoms with Crippen LogP contribution in [0.1, 0.15) is 39.5 Å². The number of morpholine rings is 1. The maximum Gasteiger partial charge on any atom is 0.419 e. The van der Waals surface area contributed by atoms with Crippen LogP contribution in [0.15, 0.2) is 6.20 Å². The van der Waals surface area contributed by atoms with E-state index in [1.807, 2.05) is 4.90 Å². The summed E-state index contributed by atoms with van der Waals surface area (Å²) in [5.74, 6) is 0.908. The average molecular weight is 418 g/mol. The number of aromatic amines is 1. The van der Waals surface area contributed by atoms with Crippen LogP contribution in [0.4, 0.5) is 16.7 Å². The lowest BCUT2D eigenvalue weighted by Crippen LogP contribution is -2.37. The minimum absolute atomic E-state index is 0.00218. The Balaban J connectivity index is 1.53. The van der Waals surface area contributed by atoms with Gasteiger partial charge in [-0.25, -0.2) is 9.78 Å². The summed E-state index contributed by atoms with van der Waals surface area (Å²) in [4.78, 5) is 23.2. The monoisotopic (exact) mass is 418 g/mol. The predicted molar refractivity (Wildman–Crippen MR) is 106 cm³/mol. The molecule has 1 saturated carbocycles. The number of hydrogen-bond donors (Lipinski definition) is 2. The van der Waals surface area contributed by atoms with Crippen LogP contribution in [0, 0.1) is 5.41 Å². The number of nitrogens with one attached hydrogen (secondary N) is 2. The number of amides is 1.